The van der Waals surface area contributed by atoms with E-state index in [-0.39, 0.29) is 24.8 Å². The Morgan fingerprint density at radius 2 is 1.85 bits per heavy atom. The highest BCUT2D eigenvalue weighted by molar-refractivity contribution is 5.93. The number of carbonyl (C=O) groups is 1. The number of aromatic amines is 1. The van der Waals surface area contributed by atoms with Gasteiger partial charge in [0.15, 0.2) is 0 Å². The van der Waals surface area contributed by atoms with Crippen LogP contribution in [-0.4, -0.2) is 50.9 Å². The number of para-hydroxylation sites is 1. The number of aliphatic hydroxyl groups excluding tert-OH is 1. The lowest BCUT2D eigenvalue weighted by atomic mass is 10.1. The molecule has 0 unspecified atom stereocenters. The first kappa shape index (κ1) is 18.4. The molecular formula is C21H21N3O3. The van der Waals surface area contributed by atoms with Crippen LogP contribution in [-0.2, 0) is 0 Å². The number of hydrogen-bond donors (Lipinski definition) is 3. The summed E-state index contributed by atoms with van der Waals surface area (Å²) in [4.78, 5) is 14.3. The predicted molar refractivity (Wildman–Crippen MR) is 104 cm³/mol. The smallest absolute Gasteiger partial charge is 0.272 e. The van der Waals surface area contributed by atoms with Crippen LogP contribution < -0.4 is 0 Å². The summed E-state index contributed by atoms with van der Waals surface area (Å²) in [5.41, 5.74) is 2.37. The molecule has 0 saturated carbocycles. The highest BCUT2D eigenvalue weighted by Crippen LogP contribution is 2.27. The van der Waals surface area contributed by atoms with Crippen molar-refractivity contribution in [2.24, 2.45) is 0 Å². The second-order valence-electron chi connectivity index (χ2n) is 5.97. The normalized spacial score (nSPS) is 11.0. The lowest BCUT2D eigenvalue weighted by Crippen LogP contribution is -2.34. The van der Waals surface area contributed by atoms with E-state index >= 15 is 0 Å². The number of benzene rings is 2. The van der Waals surface area contributed by atoms with E-state index in [0.717, 1.165) is 5.56 Å². The number of nitrogens with zero attached hydrogens (tertiary/aromatic N) is 2. The molecule has 0 bridgehead atoms. The molecule has 1 aromatic heterocycles. The quantitative estimate of drug-likeness (QED) is 0.602. The Morgan fingerprint density at radius 1 is 1.11 bits per heavy atom. The van der Waals surface area contributed by atoms with Crippen molar-refractivity contribution in [1.82, 2.24) is 15.1 Å². The van der Waals surface area contributed by atoms with Crippen molar-refractivity contribution in [2.75, 3.05) is 19.7 Å². The van der Waals surface area contributed by atoms with Crippen LogP contribution >= 0.6 is 0 Å². The molecule has 138 valence electrons. The number of amides is 1. The second-order valence-corrected chi connectivity index (χ2v) is 5.97. The average Bonchev–Trinajstić information content (AvgIpc) is 3.18. The summed E-state index contributed by atoms with van der Waals surface area (Å²) in [6.07, 6.45) is 3.81. The zero-order chi connectivity index (χ0) is 19.1. The Bertz CT molecular complexity index is 919. The summed E-state index contributed by atoms with van der Waals surface area (Å²) in [6, 6.07) is 18.2. The van der Waals surface area contributed by atoms with Crippen molar-refractivity contribution in [3.63, 3.8) is 0 Å². The van der Waals surface area contributed by atoms with Gasteiger partial charge in [-0.25, -0.2) is 0 Å². The average molecular weight is 363 g/mol. The highest BCUT2D eigenvalue weighted by atomic mass is 16.3. The minimum Gasteiger partial charge on any atom is -0.507 e. The molecule has 0 atom stereocenters. The second kappa shape index (κ2) is 8.82. The molecule has 0 spiro atoms. The highest BCUT2D eigenvalue weighted by Gasteiger charge is 2.18. The fraction of sp³-hybridized carbons (Fsp3) is 0.143. The van der Waals surface area contributed by atoms with E-state index in [0.29, 0.717) is 23.5 Å². The van der Waals surface area contributed by atoms with E-state index < -0.39 is 0 Å². The number of aromatic nitrogens is 2. The maximum absolute atomic E-state index is 12.8. The molecule has 0 saturated heterocycles. The minimum atomic E-state index is -0.268. The van der Waals surface area contributed by atoms with Crippen molar-refractivity contribution in [3.05, 3.63) is 78.0 Å². The van der Waals surface area contributed by atoms with E-state index in [4.69, 9.17) is 0 Å². The fourth-order valence-electron chi connectivity index (χ4n) is 2.71. The van der Waals surface area contributed by atoms with Gasteiger partial charge in [0.05, 0.1) is 12.3 Å². The molecule has 0 aliphatic rings. The molecule has 3 N–H and O–H groups in total. The van der Waals surface area contributed by atoms with E-state index in [9.17, 15) is 15.0 Å². The Kier molecular flexibility index (Phi) is 6.02. The molecule has 0 aliphatic heterocycles. The molecule has 6 heteroatoms. The Balaban J connectivity index is 1.73. The lowest BCUT2D eigenvalue weighted by molar-refractivity contribution is 0.0737. The molecular weight excluding hydrogens is 342 g/mol. The van der Waals surface area contributed by atoms with Crippen LogP contribution in [0, 0.1) is 0 Å². The summed E-state index contributed by atoms with van der Waals surface area (Å²) in [7, 11) is 0. The molecule has 6 nitrogen and oxygen atoms in total. The number of H-pyrrole nitrogens is 1. The van der Waals surface area contributed by atoms with Crippen LogP contribution in [0.1, 0.15) is 16.1 Å². The number of phenolic OH excluding ortho intramolecular Hbond substituents is 1. The van der Waals surface area contributed by atoms with Gasteiger partial charge in [-0.15, -0.1) is 0 Å². The maximum Gasteiger partial charge on any atom is 0.272 e. The number of phenols is 1. The lowest BCUT2D eigenvalue weighted by Gasteiger charge is -2.19. The van der Waals surface area contributed by atoms with E-state index in [1.165, 1.54) is 4.90 Å². The minimum absolute atomic E-state index is 0.0982. The van der Waals surface area contributed by atoms with Gasteiger partial charge in [-0.2, -0.15) is 5.10 Å². The van der Waals surface area contributed by atoms with Crippen LogP contribution in [0.2, 0.25) is 0 Å². The molecule has 3 rings (SSSR count). The summed E-state index contributed by atoms with van der Waals surface area (Å²) < 4.78 is 0. The van der Waals surface area contributed by atoms with Gasteiger partial charge in [0.2, 0.25) is 0 Å². The van der Waals surface area contributed by atoms with Gasteiger partial charge in [0, 0.05) is 18.7 Å². The zero-order valence-electron chi connectivity index (χ0n) is 14.7. The summed E-state index contributed by atoms with van der Waals surface area (Å²) in [5.74, 6) is -0.169. The monoisotopic (exact) mass is 363 g/mol. The van der Waals surface area contributed by atoms with Crippen LogP contribution in [0.15, 0.2) is 66.7 Å². The SMILES string of the molecule is O=C(c1cc(-c2ccccc2O)n[nH]1)N(C/C=C/c1ccccc1)CCO. The molecule has 1 amide bonds. The van der Waals surface area contributed by atoms with E-state index in [1.807, 2.05) is 42.5 Å². The fourth-order valence-corrected chi connectivity index (χ4v) is 2.71. The molecule has 2 aromatic carbocycles. The standard InChI is InChI=1S/C21H21N3O3/c25-14-13-24(12-6-9-16-7-2-1-3-8-16)21(27)19-15-18(22-23-19)17-10-4-5-11-20(17)26/h1-11,15,25-26H,12-14H2,(H,22,23)/b9-6+. The molecule has 1 heterocycles. The van der Waals surface area contributed by atoms with Crippen molar-refractivity contribution >= 4 is 12.0 Å². The topological polar surface area (TPSA) is 89.4 Å². The Labute approximate surface area is 157 Å². The Hall–Kier alpha value is -3.38. The molecule has 27 heavy (non-hydrogen) atoms. The summed E-state index contributed by atoms with van der Waals surface area (Å²) >= 11 is 0. The maximum atomic E-state index is 12.8. The summed E-state index contributed by atoms with van der Waals surface area (Å²) in [6.45, 7) is 0.438. The van der Waals surface area contributed by atoms with Crippen molar-refractivity contribution < 1.29 is 15.0 Å². The number of nitrogens with one attached hydrogen (secondary N) is 1. The number of aromatic hydroxyl groups is 1. The van der Waals surface area contributed by atoms with Gasteiger partial charge < -0.3 is 15.1 Å². The van der Waals surface area contributed by atoms with Gasteiger partial charge in [-0.3, -0.25) is 9.89 Å². The van der Waals surface area contributed by atoms with Gasteiger partial charge >= 0.3 is 0 Å². The molecule has 0 fully saturated rings. The van der Waals surface area contributed by atoms with Gasteiger partial charge in [-0.1, -0.05) is 54.6 Å². The first-order valence-corrected chi connectivity index (χ1v) is 8.64. The van der Waals surface area contributed by atoms with E-state index in [1.54, 1.807) is 30.3 Å². The summed E-state index contributed by atoms with van der Waals surface area (Å²) in [5, 5.41) is 26.1. The van der Waals surface area contributed by atoms with Gasteiger partial charge in [-0.05, 0) is 23.8 Å². The first-order chi connectivity index (χ1) is 13.2. The third-order valence-electron chi connectivity index (χ3n) is 4.08. The molecule has 0 radical (unpaired) electrons. The number of hydrogen-bond acceptors (Lipinski definition) is 4. The van der Waals surface area contributed by atoms with Crippen LogP contribution in [0.25, 0.3) is 17.3 Å². The third-order valence-corrected chi connectivity index (χ3v) is 4.08. The predicted octanol–water partition coefficient (Wildman–Crippen LogP) is 2.93. The third kappa shape index (κ3) is 4.62. The molecule has 3 aromatic rings. The van der Waals surface area contributed by atoms with Crippen molar-refractivity contribution in [3.8, 4) is 17.0 Å². The number of aliphatic hydroxyl groups is 1. The largest absolute Gasteiger partial charge is 0.507 e. The number of rotatable bonds is 7. The van der Waals surface area contributed by atoms with Crippen LogP contribution in [0.4, 0.5) is 0 Å². The Morgan fingerprint density at radius 3 is 2.59 bits per heavy atom. The van der Waals surface area contributed by atoms with Crippen molar-refractivity contribution in [1.29, 1.82) is 0 Å². The van der Waals surface area contributed by atoms with E-state index in [2.05, 4.69) is 10.2 Å². The van der Waals surface area contributed by atoms with Crippen LogP contribution in [0.3, 0.4) is 0 Å². The first-order valence-electron chi connectivity index (χ1n) is 8.64. The van der Waals surface area contributed by atoms with Gasteiger partial charge in [0.25, 0.3) is 5.91 Å². The zero-order valence-corrected chi connectivity index (χ0v) is 14.7. The van der Waals surface area contributed by atoms with Gasteiger partial charge in [0.1, 0.15) is 11.4 Å². The molecule has 0 aliphatic carbocycles. The van der Waals surface area contributed by atoms with Crippen molar-refractivity contribution in [2.45, 2.75) is 0 Å². The number of carbonyl (C=O) groups excluding carboxylic acids is 1. The van der Waals surface area contributed by atoms with Crippen LogP contribution in [0.5, 0.6) is 5.75 Å².